The molecule has 0 fully saturated rings. The van der Waals surface area contributed by atoms with Crippen LogP contribution in [0, 0.1) is 6.92 Å². The third-order valence-electron chi connectivity index (χ3n) is 4.83. The zero-order chi connectivity index (χ0) is 20.7. The molecule has 5 rings (SSSR count). The van der Waals surface area contributed by atoms with Crippen LogP contribution in [0.3, 0.4) is 0 Å². The summed E-state index contributed by atoms with van der Waals surface area (Å²) in [6.07, 6.45) is 0. The number of hydrogen-bond acceptors (Lipinski definition) is 6. The number of carbonyl (C=O) groups is 1. The maximum absolute atomic E-state index is 12.7. The zero-order valence-electron chi connectivity index (χ0n) is 16.0. The molecule has 0 unspecified atom stereocenters. The van der Waals surface area contributed by atoms with Crippen LogP contribution in [0.1, 0.15) is 16.1 Å². The van der Waals surface area contributed by atoms with Gasteiger partial charge in [0.1, 0.15) is 10.4 Å². The van der Waals surface area contributed by atoms with Gasteiger partial charge in [-0.15, -0.1) is 11.3 Å². The molecule has 0 saturated heterocycles. The molecule has 0 atom stereocenters. The first kappa shape index (κ1) is 18.8. The highest BCUT2D eigenvalue weighted by Crippen LogP contribution is 2.31. The number of fused-ring (bicyclic) bond motifs is 2. The van der Waals surface area contributed by atoms with E-state index in [-0.39, 0.29) is 17.1 Å². The number of nitrogens with zero attached hydrogens (tertiary/aromatic N) is 1. The SMILES string of the molecule is Cc1ccc(-c2csc3nc(SCC(=O)c4cc5ccccc5o4)[nH]c(=O)c23)cc1. The minimum absolute atomic E-state index is 0.129. The Morgan fingerprint density at radius 1 is 1.17 bits per heavy atom. The Morgan fingerprint density at radius 2 is 1.97 bits per heavy atom. The van der Waals surface area contributed by atoms with Crippen molar-refractivity contribution < 1.29 is 9.21 Å². The number of Topliss-reactive ketones (excluding diaryl/α,β-unsaturated/α-hetero) is 1. The number of aryl methyl sites for hydroxylation is 1. The highest BCUT2D eigenvalue weighted by atomic mass is 32.2. The normalized spacial score (nSPS) is 11.4. The predicted octanol–water partition coefficient (Wildman–Crippen LogP) is 5.68. The van der Waals surface area contributed by atoms with Gasteiger partial charge < -0.3 is 9.40 Å². The fraction of sp³-hybridized carbons (Fsp3) is 0.0870. The van der Waals surface area contributed by atoms with Gasteiger partial charge in [-0.1, -0.05) is 59.8 Å². The van der Waals surface area contributed by atoms with Crippen molar-refractivity contribution in [3.8, 4) is 11.1 Å². The van der Waals surface area contributed by atoms with E-state index in [2.05, 4.69) is 9.97 Å². The average molecular weight is 433 g/mol. The van der Waals surface area contributed by atoms with Crippen molar-refractivity contribution in [1.82, 2.24) is 9.97 Å². The van der Waals surface area contributed by atoms with Crippen molar-refractivity contribution in [2.45, 2.75) is 12.1 Å². The molecule has 148 valence electrons. The molecule has 0 spiro atoms. The fourth-order valence-corrected chi connectivity index (χ4v) is 5.00. The second-order valence-electron chi connectivity index (χ2n) is 6.93. The number of nitrogens with one attached hydrogen (secondary N) is 1. The molecule has 3 aromatic heterocycles. The van der Waals surface area contributed by atoms with Gasteiger partial charge in [0.25, 0.3) is 5.56 Å². The second kappa shape index (κ2) is 7.59. The van der Waals surface area contributed by atoms with E-state index < -0.39 is 0 Å². The maximum atomic E-state index is 12.7. The number of hydrogen-bond donors (Lipinski definition) is 1. The van der Waals surface area contributed by atoms with Crippen LogP contribution in [0.2, 0.25) is 0 Å². The average Bonchev–Trinajstić information content (AvgIpc) is 3.37. The summed E-state index contributed by atoms with van der Waals surface area (Å²) in [5.74, 6) is 0.292. The predicted molar refractivity (Wildman–Crippen MR) is 122 cm³/mol. The number of H-pyrrole nitrogens is 1. The van der Waals surface area contributed by atoms with Crippen molar-refractivity contribution in [1.29, 1.82) is 0 Å². The summed E-state index contributed by atoms with van der Waals surface area (Å²) in [6.45, 7) is 2.03. The van der Waals surface area contributed by atoms with E-state index in [0.29, 0.717) is 26.7 Å². The number of ketones is 1. The van der Waals surface area contributed by atoms with Crippen molar-refractivity contribution in [3.63, 3.8) is 0 Å². The minimum atomic E-state index is -0.199. The molecule has 5 nitrogen and oxygen atoms in total. The van der Waals surface area contributed by atoms with E-state index in [9.17, 15) is 9.59 Å². The topological polar surface area (TPSA) is 76.0 Å². The number of carbonyl (C=O) groups excluding carboxylic acids is 1. The number of benzene rings is 2. The number of thioether (sulfide) groups is 1. The Hall–Kier alpha value is -3.16. The molecule has 0 radical (unpaired) electrons. The fourth-order valence-electron chi connectivity index (χ4n) is 3.27. The molecule has 30 heavy (non-hydrogen) atoms. The van der Waals surface area contributed by atoms with Gasteiger partial charge in [0.2, 0.25) is 5.78 Å². The van der Waals surface area contributed by atoms with Gasteiger partial charge in [-0.3, -0.25) is 9.59 Å². The van der Waals surface area contributed by atoms with E-state index in [4.69, 9.17) is 4.42 Å². The molecule has 0 saturated carbocycles. The Balaban J connectivity index is 1.39. The summed E-state index contributed by atoms with van der Waals surface area (Å²) in [5, 5.41) is 3.85. The second-order valence-corrected chi connectivity index (χ2v) is 8.75. The number of furan rings is 1. The number of aromatic nitrogens is 2. The molecule has 0 bridgehead atoms. The molecular weight excluding hydrogens is 416 g/mol. The highest BCUT2D eigenvalue weighted by molar-refractivity contribution is 7.99. The Bertz CT molecular complexity index is 1410. The van der Waals surface area contributed by atoms with Gasteiger partial charge in [-0.2, -0.15) is 0 Å². The minimum Gasteiger partial charge on any atom is -0.453 e. The van der Waals surface area contributed by atoms with Crippen LogP contribution < -0.4 is 5.56 Å². The van der Waals surface area contributed by atoms with Gasteiger partial charge in [0.05, 0.1) is 11.1 Å². The van der Waals surface area contributed by atoms with Gasteiger partial charge in [0, 0.05) is 16.3 Å². The van der Waals surface area contributed by atoms with E-state index in [1.54, 1.807) is 6.07 Å². The van der Waals surface area contributed by atoms with Gasteiger partial charge >= 0.3 is 0 Å². The van der Waals surface area contributed by atoms with Gasteiger partial charge in [-0.05, 0) is 24.6 Å². The molecular formula is C23H16N2O3S2. The van der Waals surface area contributed by atoms with Gasteiger partial charge in [0.15, 0.2) is 10.9 Å². The lowest BCUT2D eigenvalue weighted by Crippen LogP contribution is -2.10. The van der Waals surface area contributed by atoms with Crippen molar-refractivity contribution in [2.24, 2.45) is 0 Å². The molecule has 0 aliphatic carbocycles. The number of thiophene rings is 1. The van der Waals surface area contributed by atoms with E-state index >= 15 is 0 Å². The van der Waals surface area contributed by atoms with Crippen LogP contribution >= 0.6 is 23.1 Å². The molecule has 7 heteroatoms. The molecule has 1 N–H and O–H groups in total. The summed E-state index contributed by atoms with van der Waals surface area (Å²) in [5.41, 5.74) is 3.51. The molecule has 2 aromatic carbocycles. The van der Waals surface area contributed by atoms with E-state index in [0.717, 1.165) is 22.1 Å². The smallest absolute Gasteiger partial charge is 0.260 e. The summed E-state index contributed by atoms with van der Waals surface area (Å²) >= 11 is 2.63. The van der Waals surface area contributed by atoms with Gasteiger partial charge in [-0.25, -0.2) is 4.98 Å². The lowest BCUT2D eigenvalue weighted by molar-refractivity contribution is 0.0994. The van der Waals surface area contributed by atoms with Crippen molar-refractivity contribution in [2.75, 3.05) is 5.75 Å². The summed E-state index contributed by atoms with van der Waals surface area (Å²) in [6, 6.07) is 17.3. The molecule has 5 aromatic rings. The molecule has 0 aliphatic heterocycles. The van der Waals surface area contributed by atoms with Crippen LogP contribution in [0.15, 0.2) is 74.3 Å². The molecule has 3 heterocycles. The van der Waals surface area contributed by atoms with E-state index in [1.807, 2.05) is 60.8 Å². The number of aromatic amines is 1. The molecule has 0 amide bonds. The summed E-state index contributed by atoms with van der Waals surface area (Å²) in [4.78, 5) is 33.3. The zero-order valence-corrected chi connectivity index (χ0v) is 17.6. The standard InChI is InChI=1S/C23H16N2O3S2/c1-13-6-8-14(9-7-13)16-11-29-22-20(16)21(27)24-23(25-22)30-12-17(26)19-10-15-4-2-3-5-18(15)28-19/h2-11H,12H2,1H3,(H,24,25,27). The number of rotatable bonds is 5. The Morgan fingerprint density at radius 3 is 2.77 bits per heavy atom. The third kappa shape index (κ3) is 3.46. The quantitative estimate of drug-likeness (QED) is 0.220. The largest absolute Gasteiger partial charge is 0.453 e. The molecule has 0 aliphatic rings. The van der Waals surface area contributed by atoms with Crippen LogP contribution in [-0.2, 0) is 0 Å². The number of para-hydroxylation sites is 1. The third-order valence-corrected chi connectivity index (χ3v) is 6.57. The first-order valence-corrected chi connectivity index (χ1v) is 11.2. The first-order chi connectivity index (χ1) is 14.6. The van der Waals surface area contributed by atoms with Crippen LogP contribution in [-0.4, -0.2) is 21.5 Å². The Kier molecular flexibility index (Phi) is 4.77. The lowest BCUT2D eigenvalue weighted by Gasteiger charge is -2.02. The van der Waals surface area contributed by atoms with Crippen LogP contribution in [0.25, 0.3) is 32.3 Å². The van der Waals surface area contributed by atoms with E-state index in [1.165, 1.54) is 23.1 Å². The summed E-state index contributed by atoms with van der Waals surface area (Å²) in [7, 11) is 0. The lowest BCUT2D eigenvalue weighted by atomic mass is 10.1. The maximum Gasteiger partial charge on any atom is 0.260 e. The van der Waals surface area contributed by atoms with Crippen LogP contribution in [0.4, 0.5) is 0 Å². The first-order valence-electron chi connectivity index (χ1n) is 9.31. The van der Waals surface area contributed by atoms with Crippen molar-refractivity contribution in [3.05, 3.63) is 81.7 Å². The summed E-state index contributed by atoms with van der Waals surface area (Å²) < 4.78 is 5.62. The monoisotopic (exact) mass is 432 g/mol. The Labute approximate surface area is 179 Å². The highest BCUT2D eigenvalue weighted by Gasteiger charge is 2.16. The van der Waals surface area contributed by atoms with Crippen LogP contribution in [0.5, 0.6) is 0 Å². The van der Waals surface area contributed by atoms with Crippen molar-refractivity contribution >= 4 is 50.1 Å².